The van der Waals surface area contributed by atoms with Crippen molar-refractivity contribution in [3.05, 3.63) is 17.3 Å². The van der Waals surface area contributed by atoms with Crippen molar-refractivity contribution in [2.75, 3.05) is 12.4 Å². The number of aromatic nitrogens is 2. The number of nitrogens with one attached hydrogen (secondary N) is 1. The molecule has 0 aromatic carbocycles. The molecule has 0 aliphatic heterocycles. The fraction of sp³-hybridized carbons (Fsp3) is 0.571. The molecule has 18 heavy (non-hydrogen) atoms. The third-order valence-electron chi connectivity index (χ3n) is 3.80. The number of fused-ring (bicyclic) bond motifs is 1. The smallest absolute Gasteiger partial charge is 0.138 e. The molecule has 1 aliphatic carbocycles. The Kier molecular flexibility index (Phi) is 3.46. The number of thiophene rings is 1. The van der Waals surface area contributed by atoms with Crippen LogP contribution in [0.5, 0.6) is 0 Å². The van der Waals surface area contributed by atoms with E-state index in [1.165, 1.54) is 38.5 Å². The predicted molar refractivity (Wildman–Crippen MR) is 77.4 cm³/mol. The van der Waals surface area contributed by atoms with Gasteiger partial charge in [0.25, 0.3) is 0 Å². The van der Waals surface area contributed by atoms with Gasteiger partial charge < -0.3 is 5.32 Å². The van der Waals surface area contributed by atoms with Crippen LogP contribution in [0.3, 0.4) is 0 Å². The highest BCUT2D eigenvalue weighted by Crippen LogP contribution is 2.33. The zero-order valence-corrected chi connectivity index (χ0v) is 11.6. The molecular formula is C14H19N3S. The summed E-state index contributed by atoms with van der Waals surface area (Å²) >= 11 is 1.71. The van der Waals surface area contributed by atoms with Crippen LogP contribution in [0.25, 0.3) is 10.2 Å². The van der Waals surface area contributed by atoms with E-state index in [4.69, 9.17) is 9.97 Å². The first-order chi connectivity index (χ1) is 8.88. The van der Waals surface area contributed by atoms with Crippen molar-refractivity contribution in [1.82, 2.24) is 9.97 Å². The Morgan fingerprint density at radius 2 is 1.94 bits per heavy atom. The van der Waals surface area contributed by atoms with Crippen molar-refractivity contribution in [3.63, 3.8) is 0 Å². The van der Waals surface area contributed by atoms with E-state index >= 15 is 0 Å². The lowest BCUT2D eigenvalue weighted by molar-refractivity contribution is 0.564. The van der Waals surface area contributed by atoms with Crippen LogP contribution in [-0.4, -0.2) is 17.0 Å². The zero-order valence-electron chi connectivity index (χ0n) is 10.8. The molecule has 96 valence electrons. The third kappa shape index (κ3) is 2.21. The van der Waals surface area contributed by atoms with Gasteiger partial charge in [0.1, 0.15) is 16.5 Å². The summed E-state index contributed by atoms with van der Waals surface area (Å²) in [7, 11) is 1.94. The minimum Gasteiger partial charge on any atom is -0.372 e. The Hall–Kier alpha value is -1.16. The summed E-state index contributed by atoms with van der Waals surface area (Å²) in [6, 6.07) is 2.10. The predicted octanol–water partition coefficient (Wildman–Crippen LogP) is 4.17. The van der Waals surface area contributed by atoms with E-state index in [0.717, 1.165) is 21.9 Å². The van der Waals surface area contributed by atoms with Gasteiger partial charge in [-0.2, -0.15) is 0 Å². The van der Waals surface area contributed by atoms with Crippen LogP contribution in [0, 0.1) is 0 Å². The minimum atomic E-state index is 0.561. The second-order valence-corrected chi connectivity index (χ2v) is 5.90. The van der Waals surface area contributed by atoms with E-state index in [1.807, 2.05) is 7.05 Å². The van der Waals surface area contributed by atoms with Crippen LogP contribution in [-0.2, 0) is 0 Å². The second kappa shape index (κ2) is 5.22. The molecule has 1 saturated carbocycles. The lowest BCUT2D eigenvalue weighted by Gasteiger charge is -2.13. The fourth-order valence-corrected chi connectivity index (χ4v) is 3.55. The van der Waals surface area contributed by atoms with Gasteiger partial charge in [-0.3, -0.25) is 0 Å². The highest BCUT2D eigenvalue weighted by Gasteiger charge is 2.19. The SMILES string of the molecule is CNc1nc(C2CCCCCC2)nc2sccc12. The molecule has 0 atom stereocenters. The highest BCUT2D eigenvalue weighted by molar-refractivity contribution is 7.16. The van der Waals surface area contributed by atoms with Crippen molar-refractivity contribution < 1.29 is 0 Å². The van der Waals surface area contributed by atoms with Gasteiger partial charge >= 0.3 is 0 Å². The second-order valence-electron chi connectivity index (χ2n) is 5.01. The number of anilines is 1. The first-order valence-electron chi connectivity index (χ1n) is 6.81. The zero-order chi connectivity index (χ0) is 12.4. The van der Waals surface area contributed by atoms with E-state index in [2.05, 4.69) is 16.8 Å². The summed E-state index contributed by atoms with van der Waals surface area (Å²) in [6.07, 6.45) is 7.89. The molecule has 0 radical (unpaired) electrons. The number of nitrogens with zero attached hydrogens (tertiary/aromatic N) is 2. The Labute approximate surface area is 112 Å². The molecule has 0 amide bonds. The van der Waals surface area contributed by atoms with Gasteiger partial charge in [-0.1, -0.05) is 25.7 Å². The molecule has 0 saturated heterocycles. The molecule has 2 aromatic rings. The van der Waals surface area contributed by atoms with Crippen LogP contribution in [0.15, 0.2) is 11.4 Å². The maximum absolute atomic E-state index is 4.78. The Balaban J connectivity index is 1.99. The largest absolute Gasteiger partial charge is 0.372 e. The van der Waals surface area contributed by atoms with E-state index < -0.39 is 0 Å². The van der Waals surface area contributed by atoms with Crippen LogP contribution in [0.1, 0.15) is 50.3 Å². The minimum absolute atomic E-state index is 0.561. The molecule has 0 unspecified atom stereocenters. The van der Waals surface area contributed by atoms with Gasteiger partial charge in [0.15, 0.2) is 0 Å². The van der Waals surface area contributed by atoms with Crippen molar-refractivity contribution >= 4 is 27.4 Å². The molecule has 0 spiro atoms. The molecule has 3 rings (SSSR count). The molecule has 2 aromatic heterocycles. The van der Waals surface area contributed by atoms with Crippen LogP contribution in [0.4, 0.5) is 5.82 Å². The fourth-order valence-electron chi connectivity index (χ4n) is 2.78. The summed E-state index contributed by atoms with van der Waals surface area (Å²) < 4.78 is 0. The van der Waals surface area contributed by atoms with Gasteiger partial charge in [-0.25, -0.2) is 9.97 Å². The summed E-state index contributed by atoms with van der Waals surface area (Å²) in [5, 5.41) is 6.45. The lowest BCUT2D eigenvalue weighted by Crippen LogP contribution is -2.06. The topological polar surface area (TPSA) is 37.8 Å². The van der Waals surface area contributed by atoms with Crippen molar-refractivity contribution in [2.45, 2.75) is 44.4 Å². The summed E-state index contributed by atoms with van der Waals surface area (Å²) in [4.78, 5) is 10.6. The molecular weight excluding hydrogens is 242 g/mol. The van der Waals surface area contributed by atoms with E-state index in [9.17, 15) is 0 Å². The number of hydrogen-bond acceptors (Lipinski definition) is 4. The van der Waals surface area contributed by atoms with Crippen LogP contribution in [0.2, 0.25) is 0 Å². The monoisotopic (exact) mass is 261 g/mol. The Morgan fingerprint density at radius 1 is 1.17 bits per heavy atom. The molecule has 3 nitrogen and oxygen atoms in total. The molecule has 1 N–H and O–H groups in total. The van der Waals surface area contributed by atoms with Crippen LogP contribution >= 0.6 is 11.3 Å². The van der Waals surface area contributed by atoms with Gasteiger partial charge in [0.05, 0.1) is 5.39 Å². The average molecular weight is 261 g/mol. The van der Waals surface area contributed by atoms with Gasteiger partial charge in [-0.05, 0) is 24.3 Å². The number of rotatable bonds is 2. The van der Waals surface area contributed by atoms with E-state index in [0.29, 0.717) is 5.92 Å². The molecule has 0 bridgehead atoms. The molecule has 4 heteroatoms. The quantitative estimate of drug-likeness (QED) is 0.824. The van der Waals surface area contributed by atoms with Crippen LogP contribution < -0.4 is 5.32 Å². The molecule has 2 heterocycles. The Morgan fingerprint density at radius 3 is 2.67 bits per heavy atom. The Bertz CT molecular complexity index is 527. The third-order valence-corrected chi connectivity index (χ3v) is 4.61. The first-order valence-corrected chi connectivity index (χ1v) is 7.69. The van der Waals surface area contributed by atoms with E-state index in [1.54, 1.807) is 11.3 Å². The standard InChI is InChI=1S/C14H19N3S/c1-15-13-11-8-9-18-14(11)17-12(16-13)10-6-4-2-3-5-7-10/h8-10H,2-7H2,1H3,(H,15,16,17). The summed E-state index contributed by atoms with van der Waals surface area (Å²) in [5.74, 6) is 2.60. The molecule has 1 fully saturated rings. The summed E-state index contributed by atoms with van der Waals surface area (Å²) in [6.45, 7) is 0. The first kappa shape index (κ1) is 11.9. The number of hydrogen-bond donors (Lipinski definition) is 1. The molecule has 1 aliphatic rings. The van der Waals surface area contributed by atoms with Gasteiger partial charge in [0.2, 0.25) is 0 Å². The van der Waals surface area contributed by atoms with Gasteiger partial charge in [0, 0.05) is 13.0 Å². The maximum Gasteiger partial charge on any atom is 0.138 e. The maximum atomic E-state index is 4.78. The van der Waals surface area contributed by atoms with Crippen molar-refractivity contribution in [2.24, 2.45) is 0 Å². The van der Waals surface area contributed by atoms with E-state index in [-0.39, 0.29) is 0 Å². The van der Waals surface area contributed by atoms with Crippen molar-refractivity contribution in [1.29, 1.82) is 0 Å². The van der Waals surface area contributed by atoms with Crippen molar-refractivity contribution in [3.8, 4) is 0 Å². The lowest BCUT2D eigenvalue weighted by atomic mass is 9.99. The highest BCUT2D eigenvalue weighted by atomic mass is 32.1. The van der Waals surface area contributed by atoms with Gasteiger partial charge in [-0.15, -0.1) is 11.3 Å². The normalized spacial score (nSPS) is 17.8. The summed E-state index contributed by atoms with van der Waals surface area (Å²) in [5.41, 5.74) is 0. The average Bonchev–Trinajstić information content (AvgIpc) is 2.71.